The molecule has 1 aliphatic rings. The third kappa shape index (κ3) is 4.70. The summed E-state index contributed by atoms with van der Waals surface area (Å²) in [6, 6.07) is 22.0. The molecule has 1 heterocycles. The maximum absolute atomic E-state index is 12.5. The summed E-state index contributed by atoms with van der Waals surface area (Å²) in [6.45, 7) is 0.735. The molecule has 1 saturated carbocycles. The van der Waals surface area contributed by atoms with Gasteiger partial charge in [0.2, 0.25) is 0 Å². The van der Waals surface area contributed by atoms with Gasteiger partial charge in [0.05, 0.1) is 0 Å². The Morgan fingerprint density at radius 1 is 0.963 bits per heavy atom. The first-order chi connectivity index (χ1) is 13.3. The molecule has 1 amide bonds. The molecule has 1 aromatic heterocycles. The van der Waals surface area contributed by atoms with Gasteiger partial charge in [0.15, 0.2) is 5.82 Å². The first-order valence-corrected chi connectivity index (χ1v) is 9.31. The topological polar surface area (TPSA) is 66.9 Å². The molecule has 2 N–H and O–H groups in total. The van der Waals surface area contributed by atoms with Gasteiger partial charge >= 0.3 is 0 Å². The van der Waals surface area contributed by atoms with Crippen LogP contribution < -0.4 is 10.6 Å². The highest BCUT2D eigenvalue weighted by atomic mass is 16.2. The molecule has 1 fully saturated rings. The van der Waals surface area contributed by atoms with Crippen LogP contribution in [0.1, 0.15) is 28.9 Å². The summed E-state index contributed by atoms with van der Waals surface area (Å²) in [5.74, 6) is 1.09. The Kier molecular flexibility index (Phi) is 5.10. The molecular weight excluding hydrogens is 336 g/mol. The van der Waals surface area contributed by atoms with Crippen molar-refractivity contribution in [3.63, 3.8) is 0 Å². The fraction of sp³-hybridized carbons (Fsp3) is 0.227. The van der Waals surface area contributed by atoms with Gasteiger partial charge in [-0.15, -0.1) is 0 Å². The lowest BCUT2D eigenvalue weighted by Crippen LogP contribution is -2.26. The molecule has 0 aliphatic heterocycles. The molecule has 0 radical (unpaired) electrons. The predicted octanol–water partition coefficient (Wildman–Crippen LogP) is 3.69. The van der Waals surface area contributed by atoms with Crippen molar-refractivity contribution in [3.05, 3.63) is 78.0 Å². The predicted molar refractivity (Wildman–Crippen MR) is 107 cm³/mol. The number of aromatic nitrogens is 2. The summed E-state index contributed by atoms with van der Waals surface area (Å²) >= 11 is 0. The van der Waals surface area contributed by atoms with Crippen LogP contribution in [0.2, 0.25) is 0 Å². The monoisotopic (exact) mass is 358 g/mol. The van der Waals surface area contributed by atoms with Gasteiger partial charge in [-0.2, -0.15) is 0 Å². The van der Waals surface area contributed by atoms with Gasteiger partial charge in [-0.05, 0) is 24.8 Å². The van der Waals surface area contributed by atoms with Crippen molar-refractivity contribution in [2.45, 2.75) is 25.3 Å². The van der Waals surface area contributed by atoms with Crippen LogP contribution in [0.25, 0.3) is 11.4 Å². The normalized spacial score (nSPS) is 13.2. The Labute approximate surface area is 158 Å². The van der Waals surface area contributed by atoms with Crippen molar-refractivity contribution < 1.29 is 4.79 Å². The highest BCUT2D eigenvalue weighted by Gasteiger charge is 2.25. The van der Waals surface area contributed by atoms with Crippen molar-refractivity contribution >= 4 is 11.7 Å². The van der Waals surface area contributed by atoms with Crippen LogP contribution in [0, 0.1) is 0 Å². The summed E-state index contributed by atoms with van der Waals surface area (Å²) in [7, 11) is 0. The maximum atomic E-state index is 12.5. The van der Waals surface area contributed by atoms with Crippen LogP contribution >= 0.6 is 0 Å². The molecular formula is C22H22N4O. The lowest BCUT2D eigenvalue weighted by Gasteiger charge is -2.10. The molecule has 0 spiro atoms. The van der Waals surface area contributed by atoms with Crippen molar-refractivity contribution in [1.82, 2.24) is 15.3 Å². The fourth-order valence-electron chi connectivity index (χ4n) is 2.84. The van der Waals surface area contributed by atoms with E-state index in [-0.39, 0.29) is 5.91 Å². The summed E-state index contributed by atoms with van der Waals surface area (Å²) in [5.41, 5.74) is 2.55. The van der Waals surface area contributed by atoms with Crippen molar-refractivity contribution in [3.8, 4) is 11.4 Å². The van der Waals surface area contributed by atoms with Crippen molar-refractivity contribution in [1.29, 1.82) is 0 Å². The first kappa shape index (κ1) is 17.2. The quantitative estimate of drug-likeness (QED) is 0.676. The van der Waals surface area contributed by atoms with E-state index in [1.54, 1.807) is 6.07 Å². The number of hydrogen-bond donors (Lipinski definition) is 2. The molecule has 0 unspecified atom stereocenters. The minimum Gasteiger partial charge on any atom is -0.370 e. The van der Waals surface area contributed by atoms with Crippen LogP contribution in [0.4, 0.5) is 5.82 Å². The summed E-state index contributed by atoms with van der Waals surface area (Å²) in [5, 5.41) is 6.34. The van der Waals surface area contributed by atoms with Gasteiger partial charge in [-0.25, -0.2) is 9.97 Å². The van der Waals surface area contributed by atoms with E-state index in [1.807, 2.05) is 48.5 Å². The highest BCUT2D eigenvalue weighted by molar-refractivity contribution is 5.93. The third-order valence-corrected chi connectivity index (χ3v) is 4.47. The third-order valence-electron chi connectivity index (χ3n) is 4.47. The summed E-state index contributed by atoms with van der Waals surface area (Å²) < 4.78 is 0. The van der Waals surface area contributed by atoms with Gasteiger partial charge in [-0.1, -0.05) is 60.7 Å². The Morgan fingerprint density at radius 2 is 1.67 bits per heavy atom. The fourth-order valence-corrected chi connectivity index (χ4v) is 2.84. The van der Waals surface area contributed by atoms with Crippen LogP contribution in [-0.4, -0.2) is 28.5 Å². The Morgan fingerprint density at radius 3 is 2.37 bits per heavy atom. The number of anilines is 1. The molecule has 1 aliphatic carbocycles. The number of benzene rings is 2. The number of hydrogen-bond acceptors (Lipinski definition) is 4. The van der Waals surface area contributed by atoms with Crippen LogP contribution in [0.5, 0.6) is 0 Å². The van der Waals surface area contributed by atoms with Crippen molar-refractivity contribution in [2.24, 2.45) is 0 Å². The highest BCUT2D eigenvalue weighted by Crippen LogP contribution is 2.21. The molecule has 4 rings (SSSR count). The largest absolute Gasteiger partial charge is 0.370 e. The van der Waals surface area contributed by atoms with E-state index in [9.17, 15) is 4.79 Å². The molecule has 5 nitrogen and oxygen atoms in total. The van der Waals surface area contributed by atoms with Gasteiger partial charge < -0.3 is 10.6 Å². The lowest BCUT2D eigenvalue weighted by atomic mass is 10.1. The maximum Gasteiger partial charge on any atom is 0.270 e. The van der Waals surface area contributed by atoms with E-state index < -0.39 is 0 Å². The van der Waals surface area contributed by atoms with Crippen LogP contribution in [-0.2, 0) is 6.42 Å². The molecule has 136 valence electrons. The van der Waals surface area contributed by atoms with Crippen molar-refractivity contribution in [2.75, 3.05) is 11.9 Å². The molecule has 3 aromatic rings. The molecule has 0 bridgehead atoms. The number of rotatable bonds is 7. The molecule has 0 saturated heterocycles. The number of carbonyl (C=O) groups excluding carboxylic acids is 1. The SMILES string of the molecule is O=C(NC1CC1)c1cc(NCCc2ccccc2)nc(-c2ccccc2)n1. The van der Waals surface area contributed by atoms with E-state index >= 15 is 0 Å². The van der Waals surface area contributed by atoms with E-state index in [0.717, 1.165) is 31.4 Å². The minimum absolute atomic E-state index is 0.136. The van der Waals surface area contributed by atoms with E-state index in [2.05, 4.69) is 32.7 Å². The van der Waals surface area contributed by atoms with E-state index in [4.69, 9.17) is 0 Å². The number of carbonyl (C=O) groups is 1. The van der Waals surface area contributed by atoms with Gasteiger partial charge in [0.25, 0.3) is 5.91 Å². The van der Waals surface area contributed by atoms with Crippen LogP contribution in [0.15, 0.2) is 66.7 Å². The van der Waals surface area contributed by atoms with Gasteiger partial charge in [0, 0.05) is 24.2 Å². The Balaban J connectivity index is 1.54. The Hall–Kier alpha value is -3.21. The first-order valence-electron chi connectivity index (χ1n) is 9.31. The van der Waals surface area contributed by atoms with E-state index in [0.29, 0.717) is 23.4 Å². The number of amides is 1. The number of nitrogens with one attached hydrogen (secondary N) is 2. The average molecular weight is 358 g/mol. The molecule has 27 heavy (non-hydrogen) atoms. The minimum atomic E-state index is -0.136. The summed E-state index contributed by atoms with van der Waals surface area (Å²) in [4.78, 5) is 21.6. The second-order valence-corrected chi connectivity index (χ2v) is 6.74. The average Bonchev–Trinajstić information content (AvgIpc) is 3.53. The molecule has 0 atom stereocenters. The second kappa shape index (κ2) is 7.99. The Bertz CT molecular complexity index is 908. The van der Waals surface area contributed by atoms with E-state index in [1.165, 1.54) is 5.56 Å². The van der Waals surface area contributed by atoms with Gasteiger partial charge in [-0.3, -0.25) is 4.79 Å². The second-order valence-electron chi connectivity index (χ2n) is 6.74. The zero-order chi connectivity index (χ0) is 18.5. The zero-order valence-electron chi connectivity index (χ0n) is 15.1. The zero-order valence-corrected chi connectivity index (χ0v) is 15.1. The summed E-state index contributed by atoms with van der Waals surface area (Å²) in [6.07, 6.45) is 2.98. The molecule has 5 heteroatoms. The van der Waals surface area contributed by atoms with Crippen LogP contribution in [0.3, 0.4) is 0 Å². The molecule has 2 aromatic carbocycles. The lowest BCUT2D eigenvalue weighted by molar-refractivity contribution is 0.0946. The number of nitrogens with zero attached hydrogens (tertiary/aromatic N) is 2. The standard InChI is InChI=1S/C22H22N4O/c27-22(24-18-11-12-18)19-15-20(23-14-13-16-7-3-1-4-8-16)26-21(25-19)17-9-5-2-6-10-17/h1-10,15,18H,11-14H2,(H,24,27)(H,23,25,26). The van der Waals surface area contributed by atoms with Gasteiger partial charge in [0.1, 0.15) is 11.5 Å². The smallest absolute Gasteiger partial charge is 0.270 e.